The SMILES string of the molecule is CCCCCC(=O)CC1C(O)CC(C)C1CCC(O)C(F)CCCC. The number of halogens is 1. The van der Waals surface area contributed by atoms with Crippen molar-refractivity contribution in [1.29, 1.82) is 0 Å². The van der Waals surface area contributed by atoms with Crippen LogP contribution in [0.2, 0.25) is 0 Å². The molecule has 25 heavy (non-hydrogen) atoms. The molecule has 3 nitrogen and oxygen atoms in total. The Morgan fingerprint density at radius 2 is 1.80 bits per heavy atom. The smallest absolute Gasteiger partial charge is 0.133 e. The average molecular weight is 359 g/mol. The second-order valence-corrected chi connectivity index (χ2v) is 8.11. The zero-order valence-corrected chi connectivity index (χ0v) is 16.4. The molecule has 2 N–H and O–H groups in total. The maximum Gasteiger partial charge on any atom is 0.133 e. The lowest BCUT2D eigenvalue weighted by Crippen LogP contribution is -2.27. The third kappa shape index (κ3) is 7.74. The van der Waals surface area contributed by atoms with Gasteiger partial charge in [0.25, 0.3) is 0 Å². The quantitative estimate of drug-likeness (QED) is 0.464. The molecule has 0 saturated heterocycles. The topological polar surface area (TPSA) is 57.5 Å². The van der Waals surface area contributed by atoms with Gasteiger partial charge >= 0.3 is 0 Å². The number of Topliss-reactive ketones (excluding diaryl/α,β-unsaturated/α-hetero) is 1. The highest BCUT2D eigenvalue weighted by atomic mass is 19.1. The summed E-state index contributed by atoms with van der Waals surface area (Å²) in [6.45, 7) is 6.24. The maximum atomic E-state index is 14.0. The Morgan fingerprint density at radius 1 is 1.12 bits per heavy atom. The molecule has 0 radical (unpaired) electrons. The van der Waals surface area contributed by atoms with Crippen molar-refractivity contribution in [1.82, 2.24) is 0 Å². The molecule has 6 atom stereocenters. The fourth-order valence-corrected chi connectivity index (χ4v) is 4.30. The standard InChI is InChI=1S/C21H39FO3/c1-4-6-8-9-16(23)14-18-17(15(3)13-21(18)25)11-12-20(24)19(22)10-7-5-2/h15,17-21,24-25H,4-14H2,1-3H3. The van der Waals surface area contributed by atoms with Gasteiger partial charge in [-0.1, -0.05) is 46.5 Å². The molecule has 1 saturated carbocycles. The van der Waals surface area contributed by atoms with Gasteiger partial charge in [0.05, 0.1) is 12.2 Å². The lowest BCUT2D eigenvalue weighted by molar-refractivity contribution is -0.121. The number of aliphatic hydroxyl groups is 2. The summed E-state index contributed by atoms with van der Waals surface area (Å²) in [7, 11) is 0. The van der Waals surface area contributed by atoms with Crippen LogP contribution in [0.25, 0.3) is 0 Å². The van der Waals surface area contributed by atoms with Crippen LogP contribution >= 0.6 is 0 Å². The molecule has 0 amide bonds. The Labute approximate surface area is 153 Å². The second-order valence-electron chi connectivity index (χ2n) is 8.11. The van der Waals surface area contributed by atoms with Gasteiger partial charge in [-0.3, -0.25) is 4.79 Å². The lowest BCUT2D eigenvalue weighted by atomic mass is 9.81. The largest absolute Gasteiger partial charge is 0.393 e. The maximum absolute atomic E-state index is 14.0. The van der Waals surface area contributed by atoms with Crippen LogP contribution in [-0.4, -0.2) is 34.4 Å². The van der Waals surface area contributed by atoms with E-state index in [1.165, 1.54) is 0 Å². The third-order valence-corrected chi connectivity index (χ3v) is 5.96. The average Bonchev–Trinajstić information content (AvgIpc) is 2.83. The fraction of sp³-hybridized carbons (Fsp3) is 0.952. The highest BCUT2D eigenvalue weighted by molar-refractivity contribution is 5.78. The van der Waals surface area contributed by atoms with Crippen LogP contribution in [0.1, 0.15) is 91.4 Å². The minimum atomic E-state index is -1.16. The van der Waals surface area contributed by atoms with E-state index in [2.05, 4.69) is 13.8 Å². The van der Waals surface area contributed by atoms with E-state index in [0.29, 0.717) is 44.4 Å². The lowest BCUT2D eigenvalue weighted by Gasteiger charge is -2.25. The van der Waals surface area contributed by atoms with E-state index < -0.39 is 18.4 Å². The van der Waals surface area contributed by atoms with Gasteiger partial charge in [-0.25, -0.2) is 4.39 Å². The van der Waals surface area contributed by atoms with Crippen LogP contribution in [0.15, 0.2) is 0 Å². The van der Waals surface area contributed by atoms with Crippen LogP contribution in [0.3, 0.4) is 0 Å². The van der Waals surface area contributed by atoms with Gasteiger partial charge in [0.1, 0.15) is 12.0 Å². The van der Waals surface area contributed by atoms with Gasteiger partial charge < -0.3 is 10.2 Å². The fourth-order valence-electron chi connectivity index (χ4n) is 4.30. The van der Waals surface area contributed by atoms with E-state index >= 15 is 0 Å². The zero-order chi connectivity index (χ0) is 18.8. The predicted molar refractivity (Wildman–Crippen MR) is 100 cm³/mol. The normalized spacial score (nSPS) is 28.9. The van der Waals surface area contributed by atoms with Crippen molar-refractivity contribution < 1.29 is 19.4 Å². The third-order valence-electron chi connectivity index (χ3n) is 5.96. The number of aliphatic hydroxyl groups excluding tert-OH is 2. The van der Waals surface area contributed by atoms with Gasteiger partial charge in [-0.2, -0.15) is 0 Å². The van der Waals surface area contributed by atoms with E-state index in [-0.39, 0.29) is 17.6 Å². The van der Waals surface area contributed by atoms with Crippen LogP contribution in [0.4, 0.5) is 4.39 Å². The second kappa shape index (κ2) is 12.0. The summed E-state index contributed by atoms with van der Waals surface area (Å²) in [4.78, 5) is 12.2. The number of hydrogen-bond donors (Lipinski definition) is 2. The molecule has 0 aliphatic heterocycles. The molecule has 0 bridgehead atoms. The van der Waals surface area contributed by atoms with E-state index in [4.69, 9.17) is 0 Å². The molecule has 1 fully saturated rings. The molecule has 1 aliphatic carbocycles. The Hall–Kier alpha value is -0.480. The molecule has 0 spiro atoms. The number of carbonyl (C=O) groups excluding carboxylic acids is 1. The number of unbranched alkanes of at least 4 members (excludes halogenated alkanes) is 3. The van der Waals surface area contributed by atoms with Gasteiger partial charge in [0.2, 0.25) is 0 Å². The first-order valence-corrected chi connectivity index (χ1v) is 10.4. The number of hydrogen-bond acceptors (Lipinski definition) is 3. The zero-order valence-electron chi connectivity index (χ0n) is 16.4. The minimum Gasteiger partial charge on any atom is -0.393 e. The number of rotatable bonds is 13. The molecule has 0 aromatic heterocycles. The van der Waals surface area contributed by atoms with Gasteiger partial charge in [0, 0.05) is 12.8 Å². The summed E-state index contributed by atoms with van der Waals surface area (Å²) >= 11 is 0. The summed E-state index contributed by atoms with van der Waals surface area (Å²) in [5.74, 6) is 0.746. The van der Waals surface area contributed by atoms with Crippen LogP contribution in [-0.2, 0) is 4.79 Å². The molecule has 0 heterocycles. The van der Waals surface area contributed by atoms with Gasteiger partial charge in [-0.05, 0) is 49.9 Å². The molecule has 148 valence electrons. The van der Waals surface area contributed by atoms with Crippen molar-refractivity contribution in [2.24, 2.45) is 17.8 Å². The first kappa shape index (κ1) is 22.6. The highest BCUT2D eigenvalue weighted by Gasteiger charge is 2.41. The first-order chi connectivity index (χ1) is 11.9. The van der Waals surface area contributed by atoms with E-state index in [9.17, 15) is 19.4 Å². The number of ketones is 1. The van der Waals surface area contributed by atoms with Crippen molar-refractivity contribution in [3.63, 3.8) is 0 Å². The van der Waals surface area contributed by atoms with E-state index in [1.54, 1.807) is 0 Å². The predicted octanol–water partition coefficient (Wildman–Crippen LogP) is 4.83. The number of carbonyl (C=O) groups is 1. The van der Waals surface area contributed by atoms with E-state index in [1.807, 2.05) is 6.92 Å². The van der Waals surface area contributed by atoms with Gasteiger partial charge in [-0.15, -0.1) is 0 Å². The van der Waals surface area contributed by atoms with Crippen molar-refractivity contribution in [2.45, 2.75) is 110 Å². The summed E-state index contributed by atoms with van der Waals surface area (Å²) in [6.07, 6.45) is 5.59. The van der Waals surface area contributed by atoms with Gasteiger partial charge in [0.15, 0.2) is 0 Å². The summed E-state index contributed by atoms with van der Waals surface area (Å²) in [6, 6.07) is 0. The summed E-state index contributed by atoms with van der Waals surface area (Å²) in [5, 5.41) is 20.4. The Kier molecular flexibility index (Phi) is 10.8. The molecular formula is C21H39FO3. The first-order valence-electron chi connectivity index (χ1n) is 10.4. The van der Waals surface area contributed by atoms with E-state index in [0.717, 1.165) is 32.1 Å². The van der Waals surface area contributed by atoms with Crippen LogP contribution in [0.5, 0.6) is 0 Å². The molecule has 1 aliphatic rings. The van der Waals surface area contributed by atoms with Crippen molar-refractivity contribution in [3.05, 3.63) is 0 Å². The van der Waals surface area contributed by atoms with Crippen LogP contribution < -0.4 is 0 Å². The molecule has 6 unspecified atom stereocenters. The van der Waals surface area contributed by atoms with Crippen LogP contribution in [0, 0.1) is 17.8 Å². The molecular weight excluding hydrogens is 319 g/mol. The highest BCUT2D eigenvalue weighted by Crippen LogP contribution is 2.42. The van der Waals surface area contributed by atoms with Crippen molar-refractivity contribution in [2.75, 3.05) is 0 Å². The molecule has 0 aromatic carbocycles. The molecule has 0 aromatic rings. The molecule has 4 heteroatoms. The Bertz CT molecular complexity index is 374. The monoisotopic (exact) mass is 358 g/mol. The Morgan fingerprint density at radius 3 is 2.44 bits per heavy atom. The van der Waals surface area contributed by atoms with Crippen molar-refractivity contribution in [3.8, 4) is 0 Å². The number of alkyl halides is 1. The summed E-state index contributed by atoms with van der Waals surface area (Å²) in [5.41, 5.74) is 0. The minimum absolute atomic E-state index is 0.0231. The molecule has 1 rings (SSSR count). The summed E-state index contributed by atoms with van der Waals surface area (Å²) < 4.78 is 14.0. The van der Waals surface area contributed by atoms with Crippen molar-refractivity contribution >= 4 is 5.78 Å². The Balaban J connectivity index is 2.49.